The van der Waals surface area contributed by atoms with E-state index >= 15 is 0 Å². The molecular weight excluding hydrogens is 266 g/mol. The standard InChI is InChI=1S/C13H13NO6/c1-18-11(19-2)7-10(15)20-14-12(16)8-5-3-4-6-9(8)13(14)17/h3-6,11H,7H2,1-2H3. The summed E-state index contributed by atoms with van der Waals surface area (Å²) in [6.45, 7) is 0. The average Bonchev–Trinajstić information content (AvgIpc) is 2.70. The number of benzene rings is 1. The van der Waals surface area contributed by atoms with Gasteiger partial charge in [0, 0.05) is 14.2 Å². The number of carbonyl (C=O) groups excluding carboxylic acids is 3. The van der Waals surface area contributed by atoms with Crippen molar-refractivity contribution in [3.05, 3.63) is 35.4 Å². The minimum absolute atomic E-state index is 0.209. The van der Waals surface area contributed by atoms with E-state index in [9.17, 15) is 14.4 Å². The molecule has 2 rings (SSSR count). The Kier molecular flexibility index (Phi) is 4.11. The van der Waals surface area contributed by atoms with Crippen molar-refractivity contribution in [3.63, 3.8) is 0 Å². The van der Waals surface area contributed by atoms with Gasteiger partial charge in [0.1, 0.15) is 0 Å². The van der Waals surface area contributed by atoms with Crippen LogP contribution in [0.3, 0.4) is 0 Å². The molecule has 2 amide bonds. The zero-order valence-corrected chi connectivity index (χ0v) is 11.0. The second-order valence-electron chi connectivity index (χ2n) is 4.02. The summed E-state index contributed by atoms with van der Waals surface area (Å²) in [5.41, 5.74) is 0.417. The summed E-state index contributed by atoms with van der Waals surface area (Å²) < 4.78 is 9.68. The molecule has 0 fully saturated rings. The van der Waals surface area contributed by atoms with Crippen molar-refractivity contribution >= 4 is 17.8 Å². The summed E-state index contributed by atoms with van der Waals surface area (Å²) in [7, 11) is 2.73. The molecule has 0 saturated heterocycles. The number of nitrogens with zero attached hydrogens (tertiary/aromatic N) is 1. The van der Waals surface area contributed by atoms with Gasteiger partial charge in [-0.15, -0.1) is 0 Å². The topological polar surface area (TPSA) is 82.1 Å². The molecule has 0 unspecified atom stereocenters. The van der Waals surface area contributed by atoms with Crippen LogP contribution in [0.5, 0.6) is 0 Å². The summed E-state index contributed by atoms with van der Waals surface area (Å²) in [6, 6.07) is 6.25. The van der Waals surface area contributed by atoms with Crippen LogP contribution in [0.15, 0.2) is 24.3 Å². The van der Waals surface area contributed by atoms with Crippen LogP contribution in [0.1, 0.15) is 27.1 Å². The fourth-order valence-corrected chi connectivity index (χ4v) is 1.79. The van der Waals surface area contributed by atoms with E-state index in [2.05, 4.69) is 0 Å². The van der Waals surface area contributed by atoms with Crippen molar-refractivity contribution in [2.45, 2.75) is 12.7 Å². The van der Waals surface area contributed by atoms with Gasteiger partial charge < -0.3 is 14.3 Å². The normalized spacial score (nSPS) is 13.8. The first-order valence-corrected chi connectivity index (χ1v) is 5.82. The molecule has 0 bridgehead atoms. The number of rotatable bonds is 5. The first-order valence-electron chi connectivity index (χ1n) is 5.82. The molecule has 106 valence electrons. The van der Waals surface area contributed by atoms with Crippen molar-refractivity contribution in [1.29, 1.82) is 0 Å². The third-order valence-electron chi connectivity index (χ3n) is 2.81. The molecule has 1 heterocycles. The molecule has 20 heavy (non-hydrogen) atoms. The summed E-state index contributed by atoms with van der Waals surface area (Å²) in [4.78, 5) is 40.3. The maximum Gasteiger partial charge on any atom is 0.338 e. The summed E-state index contributed by atoms with van der Waals surface area (Å²) in [6.07, 6.45) is -1.03. The Hall–Kier alpha value is -2.25. The molecule has 0 atom stereocenters. The van der Waals surface area contributed by atoms with Gasteiger partial charge in [0.25, 0.3) is 11.8 Å². The third-order valence-corrected chi connectivity index (χ3v) is 2.81. The Bertz CT molecular complexity index is 517. The minimum atomic E-state index is -0.798. The predicted octanol–water partition coefficient (Wildman–Crippen LogP) is 0.750. The Balaban J connectivity index is 2.07. The smallest absolute Gasteiger partial charge is 0.338 e. The second-order valence-corrected chi connectivity index (χ2v) is 4.02. The fourth-order valence-electron chi connectivity index (χ4n) is 1.79. The van der Waals surface area contributed by atoms with Crippen molar-refractivity contribution in [3.8, 4) is 0 Å². The lowest BCUT2D eigenvalue weighted by Crippen LogP contribution is -2.34. The number of carbonyl (C=O) groups is 3. The molecule has 0 saturated carbocycles. The van der Waals surface area contributed by atoms with E-state index in [4.69, 9.17) is 14.3 Å². The molecule has 0 aliphatic carbocycles. The van der Waals surface area contributed by atoms with Crippen LogP contribution < -0.4 is 0 Å². The van der Waals surface area contributed by atoms with Gasteiger partial charge in [0.2, 0.25) is 0 Å². The van der Waals surface area contributed by atoms with Crippen molar-refractivity contribution in [2.75, 3.05) is 14.2 Å². The monoisotopic (exact) mass is 279 g/mol. The van der Waals surface area contributed by atoms with Gasteiger partial charge in [0.15, 0.2) is 6.29 Å². The van der Waals surface area contributed by atoms with Crippen LogP contribution in [0.2, 0.25) is 0 Å². The van der Waals surface area contributed by atoms with E-state index in [0.717, 1.165) is 0 Å². The van der Waals surface area contributed by atoms with Crippen LogP contribution in [-0.2, 0) is 19.1 Å². The van der Waals surface area contributed by atoms with Crippen LogP contribution in [0.4, 0.5) is 0 Å². The number of hydrogen-bond donors (Lipinski definition) is 0. The average molecular weight is 279 g/mol. The van der Waals surface area contributed by atoms with E-state index in [1.54, 1.807) is 12.1 Å². The number of imide groups is 1. The van der Waals surface area contributed by atoms with Crippen LogP contribution in [-0.4, -0.2) is 43.4 Å². The minimum Gasteiger partial charge on any atom is -0.355 e. The highest BCUT2D eigenvalue weighted by Crippen LogP contribution is 2.22. The molecule has 1 aliphatic heterocycles. The Morgan fingerprint density at radius 1 is 1.10 bits per heavy atom. The summed E-state index contributed by atoms with van der Waals surface area (Å²) >= 11 is 0. The van der Waals surface area contributed by atoms with Crippen LogP contribution >= 0.6 is 0 Å². The Labute approximate surface area is 115 Å². The quantitative estimate of drug-likeness (QED) is 0.584. The zero-order chi connectivity index (χ0) is 14.7. The van der Waals surface area contributed by atoms with Crippen molar-refractivity contribution < 1.29 is 28.7 Å². The van der Waals surface area contributed by atoms with E-state index in [1.165, 1.54) is 26.4 Å². The summed E-state index contributed by atoms with van der Waals surface area (Å²) in [5, 5.41) is 0.454. The van der Waals surface area contributed by atoms with Gasteiger partial charge in [0.05, 0.1) is 17.5 Å². The third kappa shape index (κ3) is 2.54. The first-order chi connectivity index (χ1) is 9.58. The van der Waals surface area contributed by atoms with Crippen LogP contribution in [0, 0.1) is 0 Å². The Morgan fingerprint density at radius 3 is 2.05 bits per heavy atom. The molecule has 0 radical (unpaired) electrons. The largest absolute Gasteiger partial charge is 0.355 e. The fraction of sp³-hybridized carbons (Fsp3) is 0.308. The molecular formula is C13H13NO6. The van der Waals surface area contributed by atoms with Gasteiger partial charge in [-0.25, -0.2) is 4.79 Å². The van der Waals surface area contributed by atoms with Crippen LogP contribution in [0.25, 0.3) is 0 Å². The van der Waals surface area contributed by atoms with Crippen molar-refractivity contribution in [1.82, 2.24) is 5.06 Å². The maximum atomic E-state index is 11.9. The SMILES string of the molecule is COC(CC(=O)ON1C(=O)c2ccccc2C1=O)OC. The molecule has 1 aromatic rings. The molecule has 0 N–H and O–H groups in total. The zero-order valence-electron chi connectivity index (χ0n) is 11.0. The lowest BCUT2D eigenvalue weighted by molar-refractivity contribution is -0.181. The van der Waals surface area contributed by atoms with E-state index < -0.39 is 24.1 Å². The Morgan fingerprint density at radius 2 is 1.60 bits per heavy atom. The molecule has 1 aliphatic rings. The van der Waals surface area contributed by atoms with Gasteiger partial charge in [-0.1, -0.05) is 17.2 Å². The molecule has 7 heteroatoms. The lowest BCUT2D eigenvalue weighted by atomic mass is 10.1. The molecule has 7 nitrogen and oxygen atoms in total. The van der Waals surface area contributed by atoms with E-state index in [1.807, 2.05) is 0 Å². The lowest BCUT2D eigenvalue weighted by Gasteiger charge is -2.15. The molecule has 0 aromatic heterocycles. The van der Waals surface area contributed by atoms with Gasteiger partial charge >= 0.3 is 5.97 Å². The predicted molar refractivity (Wildman–Crippen MR) is 65.5 cm³/mol. The molecule has 0 spiro atoms. The van der Waals surface area contributed by atoms with Gasteiger partial charge in [-0.3, -0.25) is 9.59 Å². The number of hydrogen-bond acceptors (Lipinski definition) is 6. The number of fused-ring (bicyclic) bond motifs is 1. The summed E-state index contributed by atoms with van der Waals surface area (Å²) in [5.74, 6) is -2.12. The highest BCUT2D eigenvalue weighted by molar-refractivity contribution is 6.20. The van der Waals surface area contributed by atoms with Crippen molar-refractivity contribution in [2.24, 2.45) is 0 Å². The highest BCUT2D eigenvalue weighted by Gasteiger charge is 2.38. The number of ether oxygens (including phenoxy) is 2. The van der Waals surface area contributed by atoms with Gasteiger partial charge in [-0.2, -0.15) is 0 Å². The highest BCUT2D eigenvalue weighted by atomic mass is 16.7. The maximum absolute atomic E-state index is 11.9. The number of hydroxylamine groups is 2. The molecule has 1 aromatic carbocycles. The van der Waals surface area contributed by atoms with E-state index in [0.29, 0.717) is 5.06 Å². The van der Waals surface area contributed by atoms with E-state index in [-0.39, 0.29) is 17.5 Å². The number of methoxy groups -OCH3 is 2. The van der Waals surface area contributed by atoms with Gasteiger partial charge in [-0.05, 0) is 12.1 Å². The number of amides is 2. The second kappa shape index (κ2) is 5.81. The first kappa shape index (κ1) is 14.2.